The van der Waals surface area contributed by atoms with Crippen molar-refractivity contribution in [2.24, 2.45) is 17.8 Å². The topological polar surface area (TPSA) is 328 Å². The molecule has 22 nitrogen and oxygen atoms in total. The summed E-state index contributed by atoms with van der Waals surface area (Å²) in [7, 11) is 0. The molecule has 8 N–H and O–H groups in total. The lowest BCUT2D eigenvalue weighted by Gasteiger charge is -2.28. The number of nitrogens with one attached hydrogen (secondary N) is 5. The standard InChI is InChI=1S/C60H102N6O16.H2/c67-51(30-29-50-42-61-46-66-50)43-64-53(60(77)78)21-17-15-16-20-52(68)44-81-38-36-80-35-33-63-57(72)45-82-39-37-79-34-32-62-56(71)31-28-49(59(75)76)40-54(69)48-26-24-47(25-27-48)41-65-55(70)22-18-13-11-9-7-5-3-1-2-4-6-8-10-12-14-19-23-58(73)74;/h42,46-49,53,64H,1-41,43-45H2,(H,61,66)(H,62,71)(H,63,72)(H,65,70)(H,73,74)(H,75,76)(H,77,78);1H/t47?,48?,49-,53+;/m1./s1. The van der Waals surface area contributed by atoms with Crippen LogP contribution in [-0.4, -0.2) is 163 Å². The molecule has 0 radical (unpaired) electrons. The zero-order valence-corrected chi connectivity index (χ0v) is 49.2. The molecular formula is C60H104N6O16. The molecule has 1 aromatic rings. The van der Waals surface area contributed by atoms with Crippen LogP contribution in [0.15, 0.2) is 12.5 Å². The van der Waals surface area contributed by atoms with Gasteiger partial charge in [-0.15, -0.1) is 0 Å². The highest BCUT2D eigenvalue weighted by atomic mass is 16.5. The average Bonchev–Trinajstić information content (AvgIpc) is 4.00. The highest BCUT2D eigenvalue weighted by molar-refractivity contribution is 5.86. The molecule has 0 saturated heterocycles. The number of hydrogen-bond acceptors (Lipinski definition) is 15. The van der Waals surface area contributed by atoms with Crippen LogP contribution < -0.4 is 21.3 Å². The number of carboxylic acids is 3. The molecule has 1 aromatic heterocycles. The minimum absolute atomic E-state index is 0. The van der Waals surface area contributed by atoms with Gasteiger partial charge >= 0.3 is 17.9 Å². The fourth-order valence-electron chi connectivity index (χ4n) is 9.81. The first-order chi connectivity index (χ1) is 39.7. The molecule has 1 saturated carbocycles. The van der Waals surface area contributed by atoms with Crippen molar-refractivity contribution in [2.45, 2.75) is 212 Å². The summed E-state index contributed by atoms with van der Waals surface area (Å²) in [5, 5.41) is 39.2. The van der Waals surface area contributed by atoms with Crippen LogP contribution in [0.25, 0.3) is 0 Å². The number of aromatic amines is 1. The Bertz CT molecular complexity index is 1920. The maximum Gasteiger partial charge on any atom is 0.320 e. The molecule has 82 heavy (non-hydrogen) atoms. The third kappa shape index (κ3) is 41.8. The smallest absolute Gasteiger partial charge is 0.320 e. The second kappa shape index (κ2) is 49.3. The first-order valence-corrected chi connectivity index (χ1v) is 30.8. The predicted molar refractivity (Wildman–Crippen MR) is 310 cm³/mol. The number of carbonyl (C=O) groups excluding carboxylic acids is 6. The minimum atomic E-state index is -1.10. The van der Waals surface area contributed by atoms with Gasteiger partial charge in [0.15, 0.2) is 5.78 Å². The summed E-state index contributed by atoms with van der Waals surface area (Å²) in [6.45, 7) is 1.97. The van der Waals surface area contributed by atoms with Crippen LogP contribution in [0.3, 0.4) is 0 Å². The maximum atomic E-state index is 13.1. The number of imidazole rings is 1. The van der Waals surface area contributed by atoms with Crippen molar-refractivity contribution in [1.82, 2.24) is 31.2 Å². The van der Waals surface area contributed by atoms with Gasteiger partial charge < -0.3 is 55.2 Å². The normalized spacial score (nSPS) is 14.9. The van der Waals surface area contributed by atoms with Gasteiger partial charge in [-0.05, 0) is 70.1 Å². The van der Waals surface area contributed by atoms with Crippen molar-refractivity contribution in [1.29, 1.82) is 0 Å². The molecule has 1 aliphatic rings. The molecule has 2 rings (SSSR count). The molecule has 1 aliphatic carbocycles. The zero-order valence-electron chi connectivity index (χ0n) is 49.2. The number of nitrogens with zero attached hydrogens (tertiary/aromatic N) is 1. The van der Waals surface area contributed by atoms with Gasteiger partial charge in [0, 0.05) is 77.4 Å². The molecule has 2 atom stereocenters. The third-order valence-corrected chi connectivity index (χ3v) is 14.8. The van der Waals surface area contributed by atoms with Crippen LogP contribution in [0.5, 0.6) is 0 Å². The number of carbonyl (C=O) groups is 9. The first-order valence-electron chi connectivity index (χ1n) is 30.8. The fraction of sp³-hybridized carbons (Fsp3) is 0.800. The maximum absolute atomic E-state index is 13.1. The largest absolute Gasteiger partial charge is 0.481 e. The van der Waals surface area contributed by atoms with Gasteiger partial charge in [0.1, 0.15) is 30.8 Å². The van der Waals surface area contributed by atoms with E-state index in [2.05, 4.69) is 31.2 Å². The van der Waals surface area contributed by atoms with E-state index in [1.165, 1.54) is 70.5 Å². The molecular weight excluding hydrogens is 1060 g/mol. The SMILES string of the molecule is O=C(O)CCCCCCCCCCCCCCCCCCC(=O)NCC1CCC(C(=O)C[C@@H](CCC(=O)NCCOCCOCC(=O)NCCOCCOCC(=O)CCCCC[C@H](NCC(=O)CCc2cnc[nH]2)C(=O)O)C(=O)O)CC1.[HH]. The van der Waals surface area contributed by atoms with E-state index in [1.807, 2.05) is 0 Å². The van der Waals surface area contributed by atoms with Gasteiger partial charge in [0.2, 0.25) is 17.7 Å². The van der Waals surface area contributed by atoms with Crippen molar-refractivity contribution < 1.29 is 78.8 Å². The summed E-state index contributed by atoms with van der Waals surface area (Å²) >= 11 is 0. The number of Topliss-reactive ketones (excluding diaryl/α,β-unsaturated/α-hetero) is 3. The molecule has 470 valence electrons. The summed E-state index contributed by atoms with van der Waals surface area (Å²) < 4.78 is 21.6. The first kappa shape index (κ1) is 72.9. The lowest BCUT2D eigenvalue weighted by Crippen LogP contribution is -2.39. The van der Waals surface area contributed by atoms with Crippen LogP contribution in [0, 0.1) is 17.8 Å². The van der Waals surface area contributed by atoms with Crippen LogP contribution in [0.2, 0.25) is 0 Å². The Labute approximate surface area is 488 Å². The molecule has 0 bridgehead atoms. The van der Waals surface area contributed by atoms with E-state index in [1.54, 1.807) is 6.20 Å². The summed E-state index contributed by atoms with van der Waals surface area (Å²) in [5.74, 6) is -4.51. The van der Waals surface area contributed by atoms with Crippen LogP contribution >= 0.6 is 0 Å². The van der Waals surface area contributed by atoms with Gasteiger partial charge in [-0.3, -0.25) is 48.5 Å². The molecule has 3 amide bonds. The van der Waals surface area contributed by atoms with E-state index in [0.717, 1.165) is 57.1 Å². The quantitative estimate of drug-likeness (QED) is 0.0293. The van der Waals surface area contributed by atoms with Crippen LogP contribution in [-0.2, 0) is 68.5 Å². The van der Waals surface area contributed by atoms with Crippen molar-refractivity contribution in [2.75, 3.05) is 79.0 Å². The fourth-order valence-corrected chi connectivity index (χ4v) is 9.81. The number of rotatable bonds is 57. The summed E-state index contributed by atoms with van der Waals surface area (Å²) in [6, 6.07) is -0.838. The van der Waals surface area contributed by atoms with Crippen molar-refractivity contribution in [3.8, 4) is 0 Å². The number of unbranched alkanes of at least 4 members (excludes halogenated alkanes) is 17. The minimum Gasteiger partial charge on any atom is -0.481 e. The van der Waals surface area contributed by atoms with Gasteiger partial charge in [0.05, 0.1) is 58.4 Å². The second-order valence-electron chi connectivity index (χ2n) is 21.9. The van der Waals surface area contributed by atoms with E-state index in [9.17, 15) is 53.4 Å². The molecule has 0 spiro atoms. The number of aryl methyl sites for hydroxylation is 1. The Morgan fingerprint density at radius 1 is 0.537 bits per heavy atom. The lowest BCUT2D eigenvalue weighted by molar-refractivity contribution is -0.145. The summed E-state index contributed by atoms with van der Waals surface area (Å²) in [6.07, 6.45) is 28.8. The number of H-pyrrole nitrogens is 1. The van der Waals surface area contributed by atoms with Crippen LogP contribution in [0.4, 0.5) is 0 Å². The molecule has 22 heteroatoms. The molecule has 0 unspecified atom stereocenters. The van der Waals surface area contributed by atoms with Gasteiger partial charge in [-0.25, -0.2) is 4.98 Å². The highest BCUT2D eigenvalue weighted by Crippen LogP contribution is 2.31. The Kier molecular flexibility index (Phi) is 43.8. The average molecular weight is 1170 g/mol. The zero-order chi connectivity index (χ0) is 59.7. The number of ketones is 3. The van der Waals surface area contributed by atoms with E-state index >= 15 is 0 Å². The number of carboxylic acid groups (broad SMARTS) is 3. The van der Waals surface area contributed by atoms with E-state index < -0.39 is 29.9 Å². The molecule has 1 fully saturated rings. The Morgan fingerprint density at radius 3 is 1.62 bits per heavy atom. The highest BCUT2D eigenvalue weighted by Gasteiger charge is 2.30. The number of aliphatic carboxylic acids is 3. The van der Waals surface area contributed by atoms with Crippen molar-refractivity contribution >= 4 is 53.0 Å². The van der Waals surface area contributed by atoms with E-state index in [-0.39, 0.29) is 147 Å². The molecule has 0 aliphatic heterocycles. The van der Waals surface area contributed by atoms with Gasteiger partial charge in [0.25, 0.3) is 0 Å². The number of hydrogen-bond donors (Lipinski definition) is 8. The third-order valence-electron chi connectivity index (χ3n) is 14.8. The number of amides is 3. The van der Waals surface area contributed by atoms with Crippen LogP contribution in [0.1, 0.15) is 206 Å². The Hall–Kier alpha value is -5.16. The molecule has 1 heterocycles. The summed E-state index contributed by atoms with van der Waals surface area (Å²) in [5.41, 5.74) is 0.842. The van der Waals surface area contributed by atoms with Gasteiger partial charge in [-0.1, -0.05) is 103 Å². The number of ether oxygens (including phenoxy) is 4. The Morgan fingerprint density at radius 2 is 1.06 bits per heavy atom. The summed E-state index contributed by atoms with van der Waals surface area (Å²) in [4.78, 5) is 115. The number of aromatic nitrogens is 2. The van der Waals surface area contributed by atoms with Gasteiger partial charge in [-0.2, -0.15) is 0 Å². The predicted octanol–water partition coefficient (Wildman–Crippen LogP) is 7.49. The lowest BCUT2D eigenvalue weighted by atomic mass is 9.78. The van der Waals surface area contributed by atoms with Crippen molar-refractivity contribution in [3.05, 3.63) is 18.2 Å². The Balaban J connectivity index is 0.0000344. The van der Waals surface area contributed by atoms with E-state index in [4.69, 9.17) is 24.1 Å². The molecule has 0 aromatic carbocycles. The van der Waals surface area contributed by atoms with Crippen molar-refractivity contribution in [3.63, 3.8) is 0 Å². The van der Waals surface area contributed by atoms with E-state index in [0.29, 0.717) is 70.3 Å². The second-order valence-corrected chi connectivity index (χ2v) is 21.9. The monoisotopic (exact) mass is 1160 g/mol.